The van der Waals surface area contributed by atoms with Crippen LogP contribution in [-0.4, -0.2) is 103 Å². The van der Waals surface area contributed by atoms with Crippen molar-refractivity contribution in [1.29, 1.82) is 0 Å². The zero-order valence-corrected chi connectivity index (χ0v) is 12.0. The molecule has 0 unspecified atom stereocenters. The van der Waals surface area contributed by atoms with Crippen molar-refractivity contribution in [2.24, 2.45) is 0 Å². The van der Waals surface area contributed by atoms with E-state index < -0.39 is 67.4 Å². The first-order chi connectivity index (χ1) is 10.6. The summed E-state index contributed by atoms with van der Waals surface area (Å²) in [4.78, 5) is 11.2. The van der Waals surface area contributed by atoms with Crippen LogP contribution in [0.4, 0.5) is 0 Å². The molecule has 11 nitrogen and oxygen atoms in total. The van der Waals surface area contributed by atoms with Gasteiger partial charge in [-0.05, 0) is 6.92 Å². The number of carboxylic acid groups (broad SMARTS) is 1. The predicted molar refractivity (Wildman–Crippen MR) is 67.8 cm³/mol. The van der Waals surface area contributed by atoms with Crippen molar-refractivity contribution in [2.45, 2.75) is 68.3 Å². The highest BCUT2D eigenvalue weighted by molar-refractivity contribution is 5.73. The van der Waals surface area contributed by atoms with Crippen LogP contribution in [0.2, 0.25) is 0 Å². The van der Waals surface area contributed by atoms with Crippen molar-refractivity contribution < 1.29 is 54.8 Å². The van der Waals surface area contributed by atoms with Crippen molar-refractivity contribution in [2.75, 3.05) is 0 Å². The van der Waals surface area contributed by atoms with E-state index in [-0.39, 0.29) is 0 Å². The maximum absolute atomic E-state index is 11.2. The van der Waals surface area contributed by atoms with Gasteiger partial charge >= 0.3 is 5.97 Å². The molecule has 2 saturated heterocycles. The molecule has 11 heteroatoms. The van der Waals surface area contributed by atoms with E-state index in [2.05, 4.69) is 4.74 Å². The minimum absolute atomic E-state index is 1.15. The number of aliphatic carboxylic acids is 1. The number of hydrogen-bond acceptors (Lipinski definition) is 10. The third kappa shape index (κ3) is 3.47. The van der Waals surface area contributed by atoms with Crippen molar-refractivity contribution in [3.05, 3.63) is 0 Å². The average Bonchev–Trinajstić information content (AvgIpc) is 2.75. The summed E-state index contributed by atoms with van der Waals surface area (Å²) in [5.41, 5.74) is 0. The van der Waals surface area contributed by atoms with E-state index in [1.165, 1.54) is 6.92 Å². The normalized spacial score (nSPS) is 49.1. The summed E-state index contributed by atoms with van der Waals surface area (Å²) in [6, 6.07) is 0. The van der Waals surface area contributed by atoms with E-state index in [4.69, 9.17) is 14.6 Å². The minimum Gasteiger partial charge on any atom is -0.479 e. The molecule has 0 amide bonds. The van der Waals surface area contributed by atoms with E-state index in [0.717, 1.165) is 0 Å². The van der Waals surface area contributed by atoms with E-state index >= 15 is 0 Å². The first-order valence-corrected chi connectivity index (χ1v) is 6.92. The Morgan fingerprint density at radius 1 is 1.00 bits per heavy atom. The molecule has 0 bridgehead atoms. The Morgan fingerprint density at radius 3 is 2.09 bits per heavy atom. The maximum atomic E-state index is 11.2. The Labute approximate surface area is 130 Å². The van der Waals surface area contributed by atoms with E-state index in [9.17, 15) is 35.4 Å². The van der Waals surface area contributed by atoms with Gasteiger partial charge in [0.15, 0.2) is 18.7 Å². The SMILES string of the molecule is C[C@H](O)[C@H]1O[C@@H](O[C@H]2[C@H](O)[C@@H](O)[C@H](O)O[C@@H]2C(=O)O)[C@@H](O)[C@@H]1O. The second kappa shape index (κ2) is 6.93. The molecule has 0 spiro atoms. The molecule has 0 aliphatic carbocycles. The molecule has 134 valence electrons. The van der Waals surface area contributed by atoms with E-state index in [1.807, 2.05) is 0 Å². The Morgan fingerprint density at radius 2 is 1.61 bits per heavy atom. The molecular weight excluding hydrogens is 320 g/mol. The van der Waals surface area contributed by atoms with Gasteiger partial charge in [0.05, 0.1) is 6.10 Å². The van der Waals surface area contributed by atoms with Gasteiger partial charge in [0.2, 0.25) is 0 Å². The lowest BCUT2D eigenvalue weighted by Crippen LogP contribution is -2.61. The van der Waals surface area contributed by atoms with Crippen LogP contribution in [0.1, 0.15) is 6.92 Å². The van der Waals surface area contributed by atoms with Gasteiger partial charge in [-0.25, -0.2) is 4.79 Å². The summed E-state index contributed by atoms with van der Waals surface area (Å²) < 4.78 is 14.9. The number of ether oxygens (including phenoxy) is 3. The minimum atomic E-state index is -1.93. The molecule has 0 radical (unpaired) electrons. The number of rotatable bonds is 4. The largest absolute Gasteiger partial charge is 0.479 e. The molecular formula is C12H20O11. The van der Waals surface area contributed by atoms with E-state index in [0.29, 0.717) is 0 Å². The summed E-state index contributed by atoms with van der Waals surface area (Å²) >= 11 is 0. The predicted octanol–water partition coefficient (Wildman–Crippen LogP) is -4.28. The fourth-order valence-electron chi connectivity index (χ4n) is 2.54. The maximum Gasteiger partial charge on any atom is 0.335 e. The molecule has 2 fully saturated rings. The van der Waals surface area contributed by atoms with Gasteiger partial charge in [-0.2, -0.15) is 0 Å². The summed E-state index contributed by atoms with van der Waals surface area (Å²) in [5.74, 6) is -1.58. The van der Waals surface area contributed by atoms with Crippen LogP contribution in [0, 0.1) is 0 Å². The highest BCUT2D eigenvalue weighted by Gasteiger charge is 2.52. The average molecular weight is 340 g/mol. The van der Waals surface area contributed by atoms with Gasteiger partial charge in [-0.3, -0.25) is 0 Å². The van der Waals surface area contributed by atoms with Gasteiger partial charge < -0.3 is 50.0 Å². The van der Waals surface area contributed by atoms with Gasteiger partial charge in [0, 0.05) is 0 Å². The van der Waals surface area contributed by atoms with Gasteiger partial charge in [-0.15, -0.1) is 0 Å². The molecule has 2 aliphatic rings. The third-order valence-corrected chi connectivity index (χ3v) is 3.83. The molecule has 0 aromatic rings. The zero-order chi connectivity index (χ0) is 17.5. The molecule has 0 saturated carbocycles. The van der Waals surface area contributed by atoms with Crippen LogP contribution >= 0.6 is 0 Å². The molecule has 0 aromatic carbocycles. The third-order valence-electron chi connectivity index (χ3n) is 3.83. The van der Waals surface area contributed by atoms with Crippen LogP contribution in [0.3, 0.4) is 0 Å². The number of aliphatic hydroxyl groups is 6. The molecule has 2 heterocycles. The van der Waals surface area contributed by atoms with Crippen molar-refractivity contribution in [3.8, 4) is 0 Å². The standard InChI is InChI=1S/C12H20O11/c1-2(13)7-4(15)6(17)12(22-7)23-8-3(14)5(16)11(20)21-9(8)10(18)19/h2-9,11-17,20H,1H3,(H,18,19)/t2-,3+,4-,5+,6-,7+,8-,9-,11+,12-/m0/s1. The summed E-state index contributed by atoms with van der Waals surface area (Å²) in [5, 5.41) is 66.9. The summed E-state index contributed by atoms with van der Waals surface area (Å²) in [6.45, 7) is 1.31. The lowest BCUT2D eigenvalue weighted by molar-refractivity contribution is -0.314. The quantitative estimate of drug-likeness (QED) is 0.262. The van der Waals surface area contributed by atoms with Crippen molar-refractivity contribution in [1.82, 2.24) is 0 Å². The van der Waals surface area contributed by atoms with Gasteiger partial charge in [-0.1, -0.05) is 0 Å². The fourth-order valence-corrected chi connectivity index (χ4v) is 2.54. The van der Waals surface area contributed by atoms with Crippen LogP contribution in [0.15, 0.2) is 0 Å². The summed E-state index contributed by atoms with van der Waals surface area (Å²) in [6.07, 6.45) is -16.2. The molecule has 2 rings (SSSR count). The number of carboxylic acids is 1. The molecule has 10 atom stereocenters. The Bertz CT molecular complexity index is 429. The fraction of sp³-hybridized carbons (Fsp3) is 0.917. The summed E-state index contributed by atoms with van der Waals surface area (Å²) in [7, 11) is 0. The van der Waals surface area contributed by atoms with E-state index in [1.54, 1.807) is 0 Å². The second-order valence-corrected chi connectivity index (χ2v) is 5.56. The van der Waals surface area contributed by atoms with Gasteiger partial charge in [0.25, 0.3) is 0 Å². The Balaban J connectivity index is 2.14. The topological polar surface area (TPSA) is 186 Å². The highest BCUT2D eigenvalue weighted by atomic mass is 16.7. The van der Waals surface area contributed by atoms with Crippen molar-refractivity contribution in [3.63, 3.8) is 0 Å². The van der Waals surface area contributed by atoms with Crippen LogP contribution in [0.25, 0.3) is 0 Å². The van der Waals surface area contributed by atoms with Crippen molar-refractivity contribution >= 4 is 5.97 Å². The number of carbonyl (C=O) groups is 1. The second-order valence-electron chi connectivity index (χ2n) is 5.56. The lowest BCUT2D eigenvalue weighted by atomic mass is 9.98. The first-order valence-electron chi connectivity index (χ1n) is 6.92. The smallest absolute Gasteiger partial charge is 0.335 e. The molecule has 7 N–H and O–H groups in total. The van der Waals surface area contributed by atoms with Crippen LogP contribution in [0.5, 0.6) is 0 Å². The molecule has 2 aliphatic heterocycles. The monoisotopic (exact) mass is 340 g/mol. The molecule has 23 heavy (non-hydrogen) atoms. The number of hydrogen-bond donors (Lipinski definition) is 7. The van der Waals surface area contributed by atoms with Crippen LogP contribution in [-0.2, 0) is 19.0 Å². The number of aliphatic hydroxyl groups excluding tert-OH is 6. The van der Waals surface area contributed by atoms with Gasteiger partial charge in [0.1, 0.15) is 36.6 Å². The lowest BCUT2D eigenvalue weighted by Gasteiger charge is -2.39. The Kier molecular flexibility index (Phi) is 5.56. The molecule has 0 aromatic heterocycles. The first kappa shape index (κ1) is 18.4. The highest BCUT2D eigenvalue weighted by Crippen LogP contribution is 2.30. The van der Waals surface area contributed by atoms with Crippen LogP contribution < -0.4 is 0 Å². The Hall–Kier alpha value is -0.890. The zero-order valence-electron chi connectivity index (χ0n) is 12.0.